The zero-order valence-corrected chi connectivity index (χ0v) is 18.0. The molecule has 2 N–H and O–H groups in total. The standard InChI is InChI=1S/C21H21ClF3N3O2.ClH/c22-17-6-4-14(5-7-17)12-28-9-8-18(13-28)27-19(29)11-26-20(30)15-2-1-3-16(10-15)21(23,24)25;/h1-7,10,18H,8-9,11-13H2,(H,26,30)(H,27,29);1H/t18-;/m1./s1. The van der Waals surface area contributed by atoms with Gasteiger partial charge < -0.3 is 10.6 Å². The first-order chi connectivity index (χ1) is 14.2. The SMILES string of the molecule is Cl.O=C(CNC(=O)c1cccc(C(F)(F)F)c1)N[C@@H]1CCN(Cc2ccc(Cl)cc2)C1. The molecular formula is C21H22Cl2F3N3O2. The summed E-state index contributed by atoms with van der Waals surface area (Å²) in [4.78, 5) is 26.4. The normalized spacial score (nSPS) is 16.5. The lowest BCUT2D eigenvalue weighted by Crippen LogP contribution is -2.43. The second kappa shape index (κ2) is 10.8. The fraction of sp³-hybridized carbons (Fsp3) is 0.333. The molecule has 0 saturated carbocycles. The Balaban J connectivity index is 0.00000341. The number of rotatable bonds is 6. The van der Waals surface area contributed by atoms with Crippen LogP contribution in [0.5, 0.6) is 0 Å². The summed E-state index contributed by atoms with van der Waals surface area (Å²) < 4.78 is 38.3. The van der Waals surface area contributed by atoms with E-state index in [1.165, 1.54) is 6.07 Å². The van der Waals surface area contributed by atoms with Gasteiger partial charge in [0.2, 0.25) is 5.91 Å². The summed E-state index contributed by atoms with van der Waals surface area (Å²) >= 11 is 5.89. The van der Waals surface area contributed by atoms with Crippen LogP contribution in [0.2, 0.25) is 5.02 Å². The van der Waals surface area contributed by atoms with Gasteiger partial charge in [-0.3, -0.25) is 14.5 Å². The molecule has 1 fully saturated rings. The number of alkyl halides is 3. The molecule has 1 aliphatic rings. The van der Waals surface area contributed by atoms with Crippen LogP contribution < -0.4 is 10.6 Å². The van der Waals surface area contributed by atoms with Crippen molar-refractivity contribution in [3.05, 3.63) is 70.2 Å². The highest BCUT2D eigenvalue weighted by molar-refractivity contribution is 6.30. The molecule has 0 bridgehead atoms. The predicted octanol–water partition coefficient (Wildman–Crippen LogP) is 3.90. The molecule has 5 nitrogen and oxygen atoms in total. The van der Waals surface area contributed by atoms with Crippen molar-refractivity contribution in [1.82, 2.24) is 15.5 Å². The summed E-state index contributed by atoms with van der Waals surface area (Å²) in [7, 11) is 0. The Morgan fingerprint density at radius 2 is 1.84 bits per heavy atom. The van der Waals surface area contributed by atoms with Crippen LogP contribution in [0.4, 0.5) is 13.2 Å². The molecule has 0 aliphatic carbocycles. The van der Waals surface area contributed by atoms with Gasteiger partial charge in [-0.2, -0.15) is 13.2 Å². The number of amides is 2. The topological polar surface area (TPSA) is 61.4 Å². The third-order valence-electron chi connectivity index (χ3n) is 4.82. The van der Waals surface area contributed by atoms with Crippen molar-refractivity contribution in [3.8, 4) is 0 Å². The molecule has 168 valence electrons. The van der Waals surface area contributed by atoms with E-state index < -0.39 is 17.6 Å². The van der Waals surface area contributed by atoms with Crippen molar-refractivity contribution < 1.29 is 22.8 Å². The van der Waals surface area contributed by atoms with E-state index in [9.17, 15) is 22.8 Å². The molecule has 2 aromatic carbocycles. The number of likely N-dealkylation sites (tertiary alicyclic amines) is 1. The quantitative estimate of drug-likeness (QED) is 0.665. The minimum absolute atomic E-state index is 0. The third-order valence-corrected chi connectivity index (χ3v) is 5.07. The van der Waals surface area contributed by atoms with Crippen LogP contribution in [0.25, 0.3) is 0 Å². The molecule has 1 saturated heterocycles. The van der Waals surface area contributed by atoms with Crippen molar-refractivity contribution >= 4 is 35.8 Å². The minimum Gasteiger partial charge on any atom is -0.350 e. The summed E-state index contributed by atoms with van der Waals surface area (Å²) in [6.45, 7) is 1.94. The van der Waals surface area contributed by atoms with Gasteiger partial charge in [0.05, 0.1) is 12.1 Å². The average Bonchev–Trinajstić information content (AvgIpc) is 3.14. The van der Waals surface area contributed by atoms with Crippen LogP contribution in [0.15, 0.2) is 48.5 Å². The first-order valence-corrected chi connectivity index (χ1v) is 9.80. The van der Waals surface area contributed by atoms with Gasteiger partial charge in [0.25, 0.3) is 5.91 Å². The fourth-order valence-corrected chi connectivity index (χ4v) is 3.45. The summed E-state index contributed by atoms with van der Waals surface area (Å²) in [6.07, 6.45) is -3.76. The van der Waals surface area contributed by atoms with Crippen LogP contribution in [0.3, 0.4) is 0 Å². The molecular weight excluding hydrogens is 454 g/mol. The van der Waals surface area contributed by atoms with E-state index in [0.717, 1.165) is 43.3 Å². The van der Waals surface area contributed by atoms with Crippen LogP contribution in [0, 0.1) is 0 Å². The maximum absolute atomic E-state index is 12.8. The van der Waals surface area contributed by atoms with Crippen LogP contribution in [-0.4, -0.2) is 42.4 Å². The molecule has 2 amide bonds. The van der Waals surface area contributed by atoms with Crippen molar-refractivity contribution in [1.29, 1.82) is 0 Å². The first kappa shape index (κ1) is 25.0. The van der Waals surface area contributed by atoms with Gasteiger partial charge in [0.15, 0.2) is 0 Å². The van der Waals surface area contributed by atoms with E-state index in [2.05, 4.69) is 15.5 Å². The van der Waals surface area contributed by atoms with E-state index in [-0.39, 0.29) is 36.5 Å². The summed E-state index contributed by atoms with van der Waals surface area (Å²) in [5.74, 6) is -1.11. The highest BCUT2D eigenvalue weighted by Crippen LogP contribution is 2.29. The van der Waals surface area contributed by atoms with Gasteiger partial charge in [-0.05, 0) is 42.3 Å². The Bertz CT molecular complexity index is 907. The highest BCUT2D eigenvalue weighted by atomic mass is 35.5. The zero-order chi connectivity index (χ0) is 21.7. The monoisotopic (exact) mass is 475 g/mol. The largest absolute Gasteiger partial charge is 0.416 e. The Hall–Kier alpha value is -2.29. The number of carbonyl (C=O) groups excluding carboxylic acids is 2. The summed E-state index contributed by atoms with van der Waals surface area (Å²) in [5, 5.41) is 5.89. The number of nitrogens with one attached hydrogen (secondary N) is 2. The zero-order valence-electron chi connectivity index (χ0n) is 16.4. The lowest BCUT2D eigenvalue weighted by Gasteiger charge is -2.17. The third kappa shape index (κ3) is 7.41. The van der Waals surface area contributed by atoms with Crippen molar-refractivity contribution in [2.24, 2.45) is 0 Å². The lowest BCUT2D eigenvalue weighted by molar-refractivity contribution is -0.137. The van der Waals surface area contributed by atoms with Gasteiger partial charge in [0, 0.05) is 36.3 Å². The van der Waals surface area contributed by atoms with Crippen molar-refractivity contribution in [2.75, 3.05) is 19.6 Å². The maximum atomic E-state index is 12.8. The van der Waals surface area contributed by atoms with Gasteiger partial charge >= 0.3 is 6.18 Å². The van der Waals surface area contributed by atoms with Crippen molar-refractivity contribution in [3.63, 3.8) is 0 Å². The molecule has 2 aromatic rings. The Morgan fingerprint density at radius 3 is 2.52 bits per heavy atom. The van der Waals surface area contributed by atoms with Crippen LogP contribution in [-0.2, 0) is 17.5 Å². The minimum atomic E-state index is -4.53. The number of halogens is 5. The number of nitrogens with zero attached hydrogens (tertiary/aromatic N) is 1. The smallest absolute Gasteiger partial charge is 0.350 e. The molecule has 1 atom stereocenters. The fourth-order valence-electron chi connectivity index (χ4n) is 3.32. The summed E-state index contributed by atoms with van der Waals surface area (Å²) in [6, 6.07) is 11.6. The van der Waals surface area contributed by atoms with E-state index in [0.29, 0.717) is 11.6 Å². The highest BCUT2D eigenvalue weighted by Gasteiger charge is 2.31. The summed E-state index contributed by atoms with van der Waals surface area (Å²) in [5.41, 5.74) is 0.0682. The number of hydrogen-bond donors (Lipinski definition) is 2. The molecule has 10 heteroatoms. The van der Waals surface area contributed by atoms with Crippen molar-refractivity contribution in [2.45, 2.75) is 25.2 Å². The van der Waals surface area contributed by atoms with Gasteiger partial charge in [-0.25, -0.2) is 0 Å². The number of carbonyl (C=O) groups is 2. The second-order valence-corrected chi connectivity index (χ2v) is 7.61. The predicted molar refractivity (Wildman–Crippen MR) is 114 cm³/mol. The maximum Gasteiger partial charge on any atom is 0.416 e. The molecule has 0 unspecified atom stereocenters. The van der Waals surface area contributed by atoms with E-state index in [1.807, 2.05) is 24.3 Å². The number of benzene rings is 2. The van der Waals surface area contributed by atoms with Gasteiger partial charge in [-0.1, -0.05) is 29.8 Å². The second-order valence-electron chi connectivity index (χ2n) is 7.18. The molecule has 3 rings (SSSR count). The molecule has 1 aliphatic heterocycles. The van der Waals surface area contributed by atoms with Crippen LogP contribution in [0.1, 0.15) is 27.9 Å². The van der Waals surface area contributed by atoms with E-state index in [1.54, 1.807) is 0 Å². The lowest BCUT2D eigenvalue weighted by atomic mass is 10.1. The van der Waals surface area contributed by atoms with Gasteiger partial charge in [0.1, 0.15) is 0 Å². The Labute approximate surface area is 189 Å². The Morgan fingerprint density at radius 1 is 1.13 bits per heavy atom. The van der Waals surface area contributed by atoms with E-state index in [4.69, 9.17) is 11.6 Å². The molecule has 0 radical (unpaired) electrons. The first-order valence-electron chi connectivity index (χ1n) is 9.42. The van der Waals surface area contributed by atoms with Crippen LogP contribution >= 0.6 is 24.0 Å². The average molecular weight is 476 g/mol. The molecule has 31 heavy (non-hydrogen) atoms. The Kier molecular flexibility index (Phi) is 8.73. The molecule has 0 aromatic heterocycles. The number of hydrogen-bond acceptors (Lipinski definition) is 3. The van der Waals surface area contributed by atoms with E-state index >= 15 is 0 Å². The molecule has 1 heterocycles. The molecule has 0 spiro atoms. The van der Waals surface area contributed by atoms with Gasteiger partial charge in [-0.15, -0.1) is 12.4 Å².